The van der Waals surface area contributed by atoms with Gasteiger partial charge in [-0.2, -0.15) is 5.26 Å². The molecule has 1 aliphatic heterocycles. The molecule has 0 saturated heterocycles. The van der Waals surface area contributed by atoms with Gasteiger partial charge >= 0.3 is 5.97 Å². The van der Waals surface area contributed by atoms with E-state index in [0.29, 0.717) is 11.4 Å². The highest BCUT2D eigenvalue weighted by molar-refractivity contribution is 5.74. The standard InChI is InChI=1S/C13H16N4O3/c1-4-19-9(18)5-13(3)8(6-14)11(15)20-12-10(13)7(2)16-17-12/h4-5,15H2,1-3H3,(H,16,17)/t13-/m0/s1. The van der Waals surface area contributed by atoms with Crippen LogP contribution in [0.3, 0.4) is 0 Å². The molecule has 1 aliphatic rings. The predicted octanol–water partition coefficient (Wildman–Crippen LogP) is 1.02. The van der Waals surface area contributed by atoms with Crippen molar-refractivity contribution >= 4 is 5.97 Å². The molecule has 2 rings (SSSR count). The van der Waals surface area contributed by atoms with E-state index in [9.17, 15) is 10.1 Å². The van der Waals surface area contributed by atoms with Gasteiger partial charge in [0, 0.05) is 11.3 Å². The number of nitrogens with zero attached hydrogens (tertiary/aromatic N) is 2. The number of aryl methyl sites for hydroxylation is 1. The Morgan fingerprint density at radius 3 is 2.95 bits per heavy atom. The van der Waals surface area contributed by atoms with Crippen molar-refractivity contribution in [3.8, 4) is 11.9 Å². The zero-order valence-corrected chi connectivity index (χ0v) is 11.6. The SMILES string of the molecule is CCOC(=O)C[C@@]1(C)C(C#N)=C(N)Oc2n[nH]c(C)c21. The fourth-order valence-corrected chi connectivity index (χ4v) is 2.54. The summed E-state index contributed by atoms with van der Waals surface area (Å²) in [6, 6.07) is 2.03. The number of hydrogen-bond acceptors (Lipinski definition) is 6. The molecular formula is C13H16N4O3. The van der Waals surface area contributed by atoms with Crippen LogP contribution in [0.5, 0.6) is 5.88 Å². The fourth-order valence-electron chi connectivity index (χ4n) is 2.54. The molecule has 0 spiro atoms. The van der Waals surface area contributed by atoms with Crippen molar-refractivity contribution < 1.29 is 14.3 Å². The van der Waals surface area contributed by atoms with Crippen LogP contribution >= 0.6 is 0 Å². The largest absolute Gasteiger partial charge is 0.466 e. The predicted molar refractivity (Wildman–Crippen MR) is 69.4 cm³/mol. The molecule has 106 valence electrons. The van der Waals surface area contributed by atoms with Crippen LogP contribution in [0.4, 0.5) is 0 Å². The number of ether oxygens (including phenoxy) is 2. The average Bonchev–Trinajstić information content (AvgIpc) is 2.71. The number of fused-ring (bicyclic) bond motifs is 1. The van der Waals surface area contributed by atoms with E-state index in [2.05, 4.69) is 10.2 Å². The third-order valence-corrected chi connectivity index (χ3v) is 3.39. The minimum Gasteiger partial charge on any atom is -0.466 e. The Kier molecular flexibility index (Phi) is 3.40. The Hall–Kier alpha value is -2.49. The topological polar surface area (TPSA) is 114 Å². The highest BCUT2D eigenvalue weighted by Gasteiger charge is 2.45. The number of allylic oxidation sites excluding steroid dienone is 1. The van der Waals surface area contributed by atoms with Crippen molar-refractivity contribution in [2.24, 2.45) is 5.73 Å². The lowest BCUT2D eigenvalue weighted by Gasteiger charge is -2.32. The molecule has 0 unspecified atom stereocenters. The van der Waals surface area contributed by atoms with Crippen molar-refractivity contribution in [3.05, 3.63) is 22.7 Å². The molecule has 7 nitrogen and oxygen atoms in total. The summed E-state index contributed by atoms with van der Waals surface area (Å²) >= 11 is 0. The second kappa shape index (κ2) is 4.89. The number of carbonyl (C=O) groups is 1. The Morgan fingerprint density at radius 1 is 1.65 bits per heavy atom. The summed E-state index contributed by atoms with van der Waals surface area (Å²) in [5.74, 6) is -0.131. The van der Waals surface area contributed by atoms with Crippen LogP contribution in [0.1, 0.15) is 31.5 Å². The van der Waals surface area contributed by atoms with E-state index in [0.717, 1.165) is 5.69 Å². The van der Waals surface area contributed by atoms with E-state index >= 15 is 0 Å². The molecule has 0 saturated carbocycles. The summed E-state index contributed by atoms with van der Waals surface area (Å²) in [4.78, 5) is 11.9. The van der Waals surface area contributed by atoms with Gasteiger partial charge in [-0.1, -0.05) is 0 Å². The number of aromatic nitrogens is 2. The zero-order chi connectivity index (χ0) is 14.9. The van der Waals surface area contributed by atoms with Gasteiger partial charge in [-0.15, -0.1) is 5.10 Å². The summed E-state index contributed by atoms with van der Waals surface area (Å²) in [5.41, 5.74) is 6.46. The molecule has 0 aliphatic carbocycles. The normalized spacial score (nSPS) is 20.9. The van der Waals surface area contributed by atoms with Crippen molar-refractivity contribution in [2.45, 2.75) is 32.6 Å². The molecule has 1 atom stereocenters. The second-order valence-electron chi connectivity index (χ2n) is 4.80. The number of hydrogen-bond donors (Lipinski definition) is 2. The molecule has 2 heterocycles. The smallest absolute Gasteiger partial charge is 0.307 e. The molecular weight excluding hydrogens is 260 g/mol. The lowest BCUT2D eigenvalue weighted by Crippen LogP contribution is -2.35. The van der Waals surface area contributed by atoms with Gasteiger partial charge in [0.15, 0.2) is 0 Å². The molecule has 0 fully saturated rings. The van der Waals surface area contributed by atoms with Crippen molar-refractivity contribution in [2.75, 3.05) is 6.61 Å². The summed E-state index contributed by atoms with van der Waals surface area (Å²) in [6.07, 6.45) is 0.00116. The van der Waals surface area contributed by atoms with Gasteiger partial charge in [0.05, 0.1) is 18.4 Å². The number of aromatic amines is 1. The van der Waals surface area contributed by atoms with Gasteiger partial charge in [-0.25, -0.2) is 0 Å². The molecule has 20 heavy (non-hydrogen) atoms. The molecule has 0 bridgehead atoms. The van der Waals surface area contributed by atoms with Gasteiger partial charge < -0.3 is 15.2 Å². The summed E-state index contributed by atoms with van der Waals surface area (Å²) in [5, 5.41) is 16.1. The summed E-state index contributed by atoms with van der Waals surface area (Å²) in [7, 11) is 0. The maximum Gasteiger partial charge on any atom is 0.307 e. The molecule has 1 aromatic rings. The first-order chi connectivity index (χ1) is 9.43. The van der Waals surface area contributed by atoms with Crippen LogP contribution < -0.4 is 10.5 Å². The maximum absolute atomic E-state index is 11.9. The number of H-pyrrole nitrogens is 1. The van der Waals surface area contributed by atoms with Gasteiger partial charge in [-0.3, -0.25) is 9.89 Å². The van der Waals surface area contributed by atoms with Crippen LogP contribution in [0.2, 0.25) is 0 Å². The van der Waals surface area contributed by atoms with Crippen molar-refractivity contribution in [1.29, 1.82) is 5.26 Å². The van der Waals surface area contributed by atoms with Crippen LogP contribution in [0, 0.1) is 18.3 Å². The quantitative estimate of drug-likeness (QED) is 0.796. The lowest BCUT2D eigenvalue weighted by atomic mass is 9.72. The first kappa shape index (κ1) is 13.9. The second-order valence-corrected chi connectivity index (χ2v) is 4.80. The number of nitriles is 1. The van der Waals surface area contributed by atoms with E-state index in [1.54, 1.807) is 20.8 Å². The van der Waals surface area contributed by atoms with Crippen LogP contribution in [-0.2, 0) is 14.9 Å². The number of nitrogens with two attached hydrogens (primary N) is 1. The lowest BCUT2D eigenvalue weighted by molar-refractivity contribution is -0.144. The number of rotatable bonds is 3. The molecule has 1 aromatic heterocycles. The Balaban J connectivity index is 2.54. The molecule has 0 radical (unpaired) electrons. The highest BCUT2D eigenvalue weighted by atomic mass is 16.5. The van der Waals surface area contributed by atoms with E-state index in [-0.39, 0.29) is 24.5 Å². The molecule has 0 aromatic carbocycles. The zero-order valence-electron chi connectivity index (χ0n) is 11.6. The van der Waals surface area contributed by atoms with Crippen LogP contribution in [0.25, 0.3) is 0 Å². The highest BCUT2D eigenvalue weighted by Crippen LogP contribution is 2.45. The van der Waals surface area contributed by atoms with Gasteiger partial charge in [0.25, 0.3) is 0 Å². The van der Waals surface area contributed by atoms with Crippen LogP contribution in [0.15, 0.2) is 11.5 Å². The van der Waals surface area contributed by atoms with Crippen molar-refractivity contribution in [3.63, 3.8) is 0 Å². The maximum atomic E-state index is 11.9. The Bertz CT molecular complexity index is 626. The van der Waals surface area contributed by atoms with Gasteiger partial charge in [0.1, 0.15) is 11.6 Å². The van der Waals surface area contributed by atoms with Crippen LogP contribution in [-0.4, -0.2) is 22.8 Å². The van der Waals surface area contributed by atoms with Crippen molar-refractivity contribution in [1.82, 2.24) is 10.2 Å². The van der Waals surface area contributed by atoms with Gasteiger partial charge in [-0.05, 0) is 20.8 Å². The number of esters is 1. The number of nitrogens with one attached hydrogen (secondary N) is 1. The first-order valence-corrected chi connectivity index (χ1v) is 6.23. The van der Waals surface area contributed by atoms with E-state index in [4.69, 9.17) is 15.2 Å². The van der Waals surface area contributed by atoms with E-state index < -0.39 is 11.4 Å². The van der Waals surface area contributed by atoms with E-state index in [1.807, 2.05) is 6.07 Å². The minimum absolute atomic E-state index is 0.00116. The molecule has 3 N–H and O–H groups in total. The summed E-state index contributed by atoms with van der Waals surface area (Å²) < 4.78 is 10.3. The third kappa shape index (κ3) is 1.99. The first-order valence-electron chi connectivity index (χ1n) is 6.23. The Labute approximate surface area is 116 Å². The molecule has 0 amide bonds. The number of carbonyl (C=O) groups excluding carboxylic acids is 1. The fraction of sp³-hybridized carbons (Fsp3) is 0.462. The third-order valence-electron chi connectivity index (χ3n) is 3.39. The van der Waals surface area contributed by atoms with Gasteiger partial charge in [0.2, 0.25) is 11.8 Å². The monoisotopic (exact) mass is 276 g/mol. The average molecular weight is 276 g/mol. The minimum atomic E-state index is -0.907. The summed E-state index contributed by atoms with van der Waals surface area (Å²) in [6.45, 7) is 5.58. The Morgan fingerprint density at radius 2 is 2.35 bits per heavy atom. The molecule has 7 heteroatoms. The van der Waals surface area contributed by atoms with E-state index in [1.165, 1.54) is 0 Å².